The van der Waals surface area contributed by atoms with E-state index in [1.807, 2.05) is 0 Å². The van der Waals surface area contributed by atoms with Crippen molar-refractivity contribution in [3.63, 3.8) is 0 Å². The molecule has 3 atom stereocenters. The van der Waals surface area contributed by atoms with Gasteiger partial charge in [-0.3, -0.25) is 0 Å². The molecule has 1 rings (SSSR count). The maximum absolute atomic E-state index is 5.57. The highest BCUT2D eigenvalue weighted by Gasteiger charge is 2.27. The zero-order chi connectivity index (χ0) is 9.14. The van der Waals surface area contributed by atoms with E-state index in [0.717, 1.165) is 12.8 Å². The van der Waals surface area contributed by atoms with Crippen LogP contribution in [0.4, 0.5) is 0 Å². The molecule has 1 saturated heterocycles. The highest BCUT2D eigenvalue weighted by atomic mass is 16.7. The molecule has 1 fully saturated rings. The molecule has 12 heavy (non-hydrogen) atoms. The van der Waals surface area contributed by atoms with Crippen molar-refractivity contribution in [3.05, 3.63) is 0 Å². The minimum Gasteiger partial charge on any atom is -0.356 e. The molecule has 0 radical (unpaired) electrons. The molecule has 1 aliphatic heterocycles. The van der Waals surface area contributed by atoms with Gasteiger partial charge in [0.2, 0.25) is 0 Å². The van der Waals surface area contributed by atoms with Gasteiger partial charge in [0, 0.05) is 19.6 Å². The highest BCUT2D eigenvalue weighted by Crippen LogP contribution is 2.22. The summed E-state index contributed by atoms with van der Waals surface area (Å²) in [6, 6.07) is 0.596. The van der Waals surface area contributed by atoms with Crippen molar-refractivity contribution in [1.82, 2.24) is 4.90 Å². The van der Waals surface area contributed by atoms with E-state index in [4.69, 9.17) is 9.47 Å². The molecule has 3 nitrogen and oxygen atoms in total. The first kappa shape index (κ1) is 9.96. The Hall–Kier alpha value is -0.120. The van der Waals surface area contributed by atoms with E-state index in [9.17, 15) is 0 Å². The summed E-state index contributed by atoms with van der Waals surface area (Å²) in [4.78, 5) is 2.24. The molecular weight excluding hydrogens is 154 g/mol. The molecule has 0 saturated carbocycles. The molecular formula is C9H19NO2. The van der Waals surface area contributed by atoms with Crippen LogP contribution in [0.3, 0.4) is 0 Å². The lowest BCUT2D eigenvalue weighted by Gasteiger charge is -2.36. The van der Waals surface area contributed by atoms with Gasteiger partial charge >= 0.3 is 0 Å². The molecule has 1 unspecified atom stereocenters. The summed E-state index contributed by atoms with van der Waals surface area (Å²) in [6.07, 6.45) is 2.39. The average molecular weight is 173 g/mol. The van der Waals surface area contributed by atoms with E-state index in [-0.39, 0.29) is 6.29 Å². The zero-order valence-corrected chi connectivity index (χ0v) is 8.41. The summed E-state index contributed by atoms with van der Waals surface area (Å²) in [6.45, 7) is 2.10. The molecule has 0 spiro atoms. The number of methoxy groups -OCH3 is 1. The number of rotatable bonds is 2. The second-order valence-corrected chi connectivity index (χ2v) is 3.70. The first-order chi connectivity index (χ1) is 5.63. The molecule has 0 N–H and O–H groups in total. The number of hydrogen-bond acceptors (Lipinski definition) is 3. The van der Waals surface area contributed by atoms with E-state index >= 15 is 0 Å². The molecule has 0 bridgehead atoms. The lowest BCUT2D eigenvalue weighted by Crippen LogP contribution is -2.42. The quantitative estimate of drug-likeness (QED) is 0.624. The third kappa shape index (κ3) is 2.44. The first-order valence-corrected chi connectivity index (χ1v) is 4.48. The third-order valence-corrected chi connectivity index (χ3v) is 2.45. The maximum Gasteiger partial charge on any atom is 0.159 e. The van der Waals surface area contributed by atoms with Gasteiger partial charge < -0.3 is 14.4 Å². The average Bonchev–Trinajstić information content (AvgIpc) is 2.03. The Labute approximate surface area is 74.6 Å². The topological polar surface area (TPSA) is 21.7 Å². The van der Waals surface area contributed by atoms with Crippen molar-refractivity contribution in [2.45, 2.75) is 38.2 Å². The Morgan fingerprint density at radius 3 is 2.50 bits per heavy atom. The summed E-state index contributed by atoms with van der Waals surface area (Å²) >= 11 is 0. The molecule has 0 aliphatic carbocycles. The van der Waals surface area contributed by atoms with Crippen LogP contribution < -0.4 is 0 Å². The van der Waals surface area contributed by atoms with Crippen molar-refractivity contribution in [3.8, 4) is 0 Å². The van der Waals surface area contributed by atoms with Crippen LogP contribution in [-0.2, 0) is 9.47 Å². The fourth-order valence-electron chi connectivity index (χ4n) is 1.65. The van der Waals surface area contributed by atoms with Gasteiger partial charge in [0.1, 0.15) is 0 Å². The second-order valence-electron chi connectivity index (χ2n) is 3.70. The Morgan fingerprint density at radius 2 is 2.00 bits per heavy atom. The van der Waals surface area contributed by atoms with Crippen LogP contribution in [0.25, 0.3) is 0 Å². The lowest BCUT2D eigenvalue weighted by molar-refractivity contribution is -0.188. The molecule has 0 aromatic carbocycles. The van der Waals surface area contributed by atoms with Gasteiger partial charge in [-0.15, -0.1) is 0 Å². The SMILES string of the molecule is CO[C@H]1C[C@@H](N(C)C)CC(C)O1. The zero-order valence-electron chi connectivity index (χ0n) is 8.41. The normalized spacial score (nSPS) is 37.2. The summed E-state index contributed by atoms with van der Waals surface area (Å²) < 4.78 is 10.8. The van der Waals surface area contributed by atoms with Gasteiger partial charge in [0.15, 0.2) is 6.29 Å². The van der Waals surface area contributed by atoms with E-state index in [0.29, 0.717) is 12.1 Å². The molecule has 0 aromatic rings. The summed E-state index contributed by atoms with van der Waals surface area (Å²) in [5.74, 6) is 0. The fraction of sp³-hybridized carbons (Fsp3) is 1.00. The number of nitrogens with zero attached hydrogens (tertiary/aromatic N) is 1. The monoisotopic (exact) mass is 173 g/mol. The van der Waals surface area contributed by atoms with Gasteiger partial charge in [0.25, 0.3) is 0 Å². The molecule has 0 aromatic heterocycles. The first-order valence-electron chi connectivity index (χ1n) is 4.48. The summed E-state index contributed by atoms with van der Waals surface area (Å²) in [5, 5.41) is 0. The fourth-order valence-corrected chi connectivity index (χ4v) is 1.65. The van der Waals surface area contributed by atoms with Gasteiger partial charge in [-0.25, -0.2) is 0 Å². The predicted octanol–water partition coefficient (Wildman–Crippen LogP) is 1.09. The van der Waals surface area contributed by atoms with Crippen LogP contribution in [0.1, 0.15) is 19.8 Å². The van der Waals surface area contributed by atoms with Crippen LogP contribution in [-0.4, -0.2) is 44.5 Å². The Kier molecular flexibility index (Phi) is 3.50. The lowest BCUT2D eigenvalue weighted by atomic mass is 10.0. The van der Waals surface area contributed by atoms with Gasteiger partial charge in [-0.2, -0.15) is 0 Å². The highest BCUT2D eigenvalue weighted by molar-refractivity contribution is 4.76. The van der Waals surface area contributed by atoms with Crippen LogP contribution in [0.2, 0.25) is 0 Å². The summed E-state index contributed by atoms with van der Waals surface area (Å²) in [5.41, 5.74) is 0. The Bertz CT molecular complexity index is 138. The molecule has 72 valence electrons. The standard InChI is InChI=1S/C9H19NO2/c1-7-5-8(10(2)3)6-9(11-4)12-7/h7-9H,5-6H2,1-4H3/t7?,8-,9+/m0/s1. The van der Waals surface area contributed by atoms with Crippen molar-refractivity contribution in [1.29, 1.82) is 0 Å². The van der Waals surface area contributed by atoms with Crippen molar-refractivity contribution in [2.24, 2.45) is 0 Å². The van der Waals surface area contributed by atoms with Gasteiger partial charge in [-0.1, -0.05) is 0 Å². The second kappa shape index (κ2) is 4.21. The van der Waals surface area contributed by atoms with E-state index in [1.165, 1.54) is 0 Å². The van der Waals surface area contributed by atoms with Crippen molar-refractivity contribution in [2.75, 3.05) is 21.2 Å². The van der Waals surface area contributed by atoms with E-state index in [2.05, 4.69) is 25.9 Å². The molecule has 1 heterocycles. The van der Waals surface area contributed by atoms with Crippen molar-refractivity contribution >= 4 is 0 Å². The van der Waals surface area contributed by atoms with Crippen LogP contribution in [0.5, 0.6) is 0 Å². The largest absolute Gasteiger partial charge is 0.356 e. The minimum atomic E-state index is -0.0128. The summed E-state index contributed by atoms with van der Waals surface area (Å²) in [7, 11) is 5.92. The maximum atomic E-state index is 5.57. The van der Waals surface area contributed by atoms with Crippen molar-refractivity contribution < 1.29 is 9.47 Å². The third-order valence-electron chi connectivity index (χ3n) is 2.45. The smallest absolute Gasteiger partial charge is 0.159 e. The van der Waals surface area contributed by atoms with Crippen LogP contribution in [0.15, 0.2) is 0 Å². The molecule has 1 aliphatic rings. The Balaban J connectivity index is 2.45. The Morgan fingerprint density at radius 1 is 1.33 bits per heavy atom. The van der Waals surface area contributed by atoms with Crippen LogP contribution >= 0.6 is 0 Å². The minimum absolute atomic E-state index is 0.0128. The van der Waals surface area contributed by atoms with Gasteiger partial charge in [-0.05, 0) is 27.4 Å². The predicted molar refractivity (Wildman–Crippen MR) is 48.1 cm³/mol. The number of ether oxygens (including phenoxy) is 2. The molecule has 3 heteroatoms. The van der Waals surface area contributed by atoms with Gasteiger partial charge in [0.05, 0.1) is 6.10 Å². The van der Waals surface area contributed by atoms with Crippen LogP contribution in [0, 0.1) is 0 Å². The molecule has 0 amide bonds. The number of hydrogen-bond donors (Lipinski definition) is 0. The van der Waals surface area contributed by atoms with E-state index in [1.54, 1.807) is 7.11 Å². The van der Waals surface area contributed by atoms with E-state index < -0.39 is 0 Å².